The van der Waals surface area contributed by atoms with E-state index in [2.05, 4.69) is 110 Å². The minimum absolute atomic E-state index is 0. The van der Waals surface area contributed by atoms with Crippen molar-refractivity contribution >= 4 is 21.8 Å². The second-order valence-corrected chi connectivity index (χ2v) is 10.3. The molecule has 2 aromatic heterocycles. The van der Waals surface area contributed by atoms with Crippen molar-refractivity contribution in [2.75, 3.05) is 0 Å². The van der Waals surface area contributed by atoms with Gasteiger partial charge in [0.05, 0.1) is 0 Å². The van der Waals surface area contributed by atoms with Gasteiger partial charge in [0.2, 0.25) is 0 Å². The summed E-state index contributed by atoms with van der Waals surface area (Å²) < 4.78 is 4.65. The van der Waals surface area contributed by atoms with Crippen LogP contribution in [0.15, 0.2) is 72.8 Å². The molecular weight excluding hydrogens is 690 g/mol. The van der Waals surface area contributed by atoms with Crippen LogP contribution in [0.3, 0.4) is 0 Å². The summed E-state index contributed by atoms with van der Waals surface area (Å²) >= 11 is 0. The zero-order valence-corrected chi connectivity index (χ0v) is 29.4. The van der Waals surface area contributed by atoms with Crippen LogP contribution < -0.4 is 24.8 Å². The van der Waals surface area contributed by atoms with Crippen molar-refractivity contribution in [2.24, 2.45) is 14.1 Å². The number of benzene rings is 4. The van der Waals surface area contributed by atoms with Crippen molar-refractivity contribution in [3.05, 3.63) is 118 Å². The third-order valence-corrected chi connectivity index (χ3v) is 8.02. The summed E-state index contributed by atoms with van der Waals surface area (Å²) in [5.74, 6) is 0. The van der Waals surface area contributed by atoms with Crippen molar-refractivity contribution in [3.63, 3.8) is 0 Å². The molecule has 0 aliphatic heterocycles. The molecule has 4 aromatic carbocycles. The summed E-state index contributed by atoms with van der Waals surface area (Å²) in [4.78, 5) is 0. The Morgan fingerprint density at radius 2 is 1.00 bits per heavy atom. The van der Waals surface area contributed by atoms with Crippen LogP contribution >= 0.6 is 0 Å². The van der Waals surface area contributed by atoms with Crippen molar-refractivity contribution in [1.82, 2.24) is 9.13 Å². The van der Waals surface area contributed by atoms with Gasteiger partial charge >= 0.3 is 52.4 Å². The molecule has 2 nitrogen and oxygen atoms in total. The molecule has 2 aliphatic rings. The van der Waals surface area contributed by atoms with Gasteiger partial charge in [0.25, 0.3) is 0 Å². The molecule has 196 valence electrons. The summed E-state index contributed by atoms with van der Waals surface area (Å²) in [6.07, 6.45) is 2.04. The van der Waals surface area contributed by atoms with Gasteiger partial charge in [-0.1, -0.05) is 23.3 Å². The topological polar surface area (TPSA) is 9.86 Å². The Morgan fingerprint density at radius 1 is 0.600 bits per heavy atom. The van der Waals surface area contributed by atoms with E-state index < -0.39 is 0 Å². The SMILES string of the molecule is Cc1ccc2c(c1)c1c(n2C)-c2ccc[c-]c2C1.Cc1ccc2c(c1)c1c(n2C)-c2ccc[c-]c2C1.[Cl-].[Cl-].[Zr+2].[Zr+2]. The van der Waals surface area contributed by atoms with Crippen molar-refractivity contribution in [3.8, 4) is 22.5 Å². The molecule has 0 radical (unpaired) electrons. The number of nitrogens with zero attached hydrogens (tertiary/aromatic N) is 2. The maximum Gasteiger partial charge on any atom is 2.00 e. The average molecular weight is 718 g/mol. The molecule has 6 heteroatoms. The Hall–Kier alpha value is -1.69. The number of hydrogen-bond acceptors (Lipinski definition) is 0. The van der Waals surface area contributed by atoms with Gasteiger partial charge in [-0.05, 0) is 73.5 Å². The van der Waals surface area contributed by atoms with Gasteiger partial charge in [0.15, 0.2) is 0 Å². The van der Waals surface area contributed by atoms with E-state index >= 15 is 0 Å². The second-order valence-electron chi connectivity index (χ2n) is 10.3. The number of halogens is 2. The van der Waals surface area contributed by atoms with Crippen LogP contribution in [0.4, 0.5) is 0 Å². The molecule has 6 aromatic rings. The Morgan fingerprint density at radius 3 is 1.40 bits per heavy atom. The number of aromatic nitrogens is 2. The first-order valence-corrected chi connectivity index (χ1v) is 12.7. The number of fused-ring (bicyclic) bond motifs is 10. The van der Waals surface area contributed by atoms with E-state index in [1.165, 1.54) is 77.7 Å². The summed E-state index contributed by atoms with van der Waals surface area (Å²) in [5, 5.41) is 2.80. The Kier molecular flexibility index (Phi) is 10.4. The van der Waals surface area contributed by atoms with E-state index in [0.717, 1.165) is 12.8 Å². The van der Waals surface area contributed by atoms with Crippen LogP contribution in [0.5, 0.6) is 0 Å². The molecule has 0 atom stereocenters. The zero-order chi connectivity index (χ0) is 24.6. The molecule has 2 aliphatic carbocycles. The largest absolute Gasteiger partial charge is 2.00 e. The van der Waals surface area contributed by atoms with Gasteiger partial charge in [0, 0.05) is 35.9 Å². The first kappa shape index (κ1) is 32.8. The molecule has 0 saturated carbocycles. The quantitative estimate of drug-likeness (QED) is 0.212. The Bertz CT molecular complexity index is 1710. The van der Waals surface area contributed by atoms with Crippen LogP contribution in [-0.4, -0.2) is 9.13 Å². The van der Waals surface area contributed by atoms with Crippen LogP contribution in [0.25, 0.3) is 44.3 Å². The summed E-state index contributed by atoms with van der Waals surface area (Å²) in [6.45, 7) is 4.32. The standard InChI is InChI=1S/2C17H14N.2ClH.2Zr/c2*1-11-7-8-16-14(9-11)15-10-12-5-3-4-6-13(12)17(15)18(16)2;;;;/h2*3-4,6-9H,10H2,1-2H3;2*1H;;/q2*-1;;;2*+2/p-2. The van der Waals surface area contributed by atoms with E-state index in [1.807, 2.05) is 12.1 Å². The molecule has 0 saturated heterocycles. The Balaban J connectivity index is 0.000000200. The van der Waals surface area contributed by atoms with Crippen LogP contribution in [0, 0.1) is 26.0 Å². The fraction of sp³-hybridized carbons (Fsp3) is 0.176. The summed E-state index contributed by atoms with van der Waals surface area (Å²) in [5.41, 5.74) is 16.4. The molecule has 2 heterocycles. The molecule has 0 bridgehead atoms. The third kappa shape index (κ3) is 5.09. The van der Waals surface area contributed by atoms with Gasteiger partial charge in [-0.3, -0.25) is 0 Å². The minimum Gasteiger partial charge on any atom is -1.00 e. The molecule has 0 spiro atoms. The predicted molar refractivity (Wildman–Crippen MR) is 149 cm³/mol. The third-order valence-electron chi connectivity index (χ3n) is 8.02. The van der Waals surface area contributed by atoms with Crippen molar-refractivity contribution in [2.45, 2.75) is 26.7 Å². The minimum atomic E-state index is 0. The fourth-order valence-corrected chi connectivity index (χ4v) is 6.35. The van der Waals surface area contributed by atoms with Crippen LogP contribution in [0.2, 0.25) is 0 Å². The predicted octanol–water partition coefficient (Wildman–Crippen LogP) is 1.72. The monoisotopic (exact) mass is 714 g/mol. The first-order chi connectivity index (χ1) is 17.5. The molecule has 0 unspecified atom stereocenters. The smallest absolute Gasteiger partial charge is 1.00 e. The van der Waals surface area contributed by atoms with Crippen LogP contribution in [0.1, 0.15) is 33.4 Å². The summed E-state index contributed by atoms with van der Waals surface area (Å²) in [7, 11) is 4.33. The van der Waals surface area contributed by atoms with Gasteiger partial charge in [0.1, 0.15) is 0 Å². The maximum atomic E-state index is 3.38. The normalized spacial score (nSPS) is 11.5. The number of rotatable bonds is 0. The zero-order valence-electron chi connectivity index (χ0n) is 23.0. The number of hydrogen-bond donors (Lipinski definition) is 0. The van der Waals surface area contributed by atoms with Crippen molar-refractivity contribution in [1.29, 1.82) is 0 Å². The van der Waals surface area contributed by atoms with E-state index in [-0.39, 0.29) is 77.2 Å². The second kappa shape index (κ2) is 12.7. The van der Waals surface area contributed by atoms with Crippen molar-refractivity contribution < 1.29 is 77.2 Å². The number of aryl methyl sites for hydroxylation is 4. The average Bonchev–Trinajstić information content (AvgIpc) is 3.59. The van der Waals surface area contributed by atoms with E-state index in [0.29, 0.717) is 0 Å². The van der Waals surface area contributed by atoms with E-state index in [1.54, 1.807) is 0 Å². The molecular formula is C34H28Cl2N2Zr2. The van der Waals surface area contributed by atoms with E-state index in [9.17, 15) is 0 Å². The molecule has 40 heavy (non-hydrogen) atoms. The van der Waals surface area contributed by atoms with Gasteiger partial charge in [-0.2, -0.15) is 48.5 Å². The van der Waals surface area contributed by atoms with Gasteiger partial charge < -0.3 is 33.9 Å². The van der Waals surface area contributed by atoms with E-state index in [4.69, 9.17) is 0 Å². The molecule has 0 amide bonds. The molecule has 8 rings (SSSR count). The first-order valence-electron chi connectivity index (χ1n) is 12.7. The maximum absolute atomic E-state index is 3.38. The molecule has 0 N–H and O–H groups in total. The Labute approximate surface area is 287 Å². The van der Waals surface area contributed by atoms with Crippen LogP contribution in [-0.2, 0) is 79.3 Å². The fourth-order valence-electron chi connectivity index (χ4n) is 6.35. The van der Waals surface area contributed by atoms with Gasteiger partial charge in [-0.15, -0.1) is 22.3 Å². The van der Waals surface area contributed by atoms with Gasteiger partial charge in [-0.25, -0.2) is 0 Å². The molecule has 0 fully saturated rings. The summed E-state index contributed by atoms with van der Waals surface area (Å²) in [6, 6.07) is 32.8.